The summed E-state index contributed by atoms with van der Waals surface area (Å²) in [5.74, 6) is 1.82. The first-order chi connectivity index (χ1) is 10.1. The van der Waals surface area contributed by atoms with E-state index in [0.29, 0.717) is 0 Å². The number of rotatable bonds is 3. The maximum absolute atomic E-state index is 5.41. The SMILES string of the molecule is Cc1ccc(C)c(-n2nc(C)nc2CN2CCOCC2)c1. The van der Waals surface area contributed by atoms with Gasteiger partial charge in [0.2, 0.25) is 0 Å². The van der Waals surface area contributed by atoms with Crippen molar-refractivity contribution in [3.8, 4) is 5.69 Å². The van der Waals surface area contributed by atoms with Gasteiger partial charge in [0.25, 0.3) is 0 Å². The maximum atomic E-state index is 5.41. The van der Waals surface area contributed by atoms with Gasteiger partial charge in [-0.05, 0) is 38.0 Å². The molecule has 112 valence electrons. The number of nitrogens with zero attached hydrogens (tertiary/aromatic N) is 4. The van der Waals surface area contributed by atoms with Crippen molar-refractivity contribution in [1.82, 2.24) is 19.7 Å². The molecule has 0 radical (unpaired) electrons. The number of ether oxygens (including phenoxy) is 1. The second-order valence-electron chi connectivity index (χ2n) is 5.67. The van der Waals surface area contributed by atoms with Gasteiger partial charge < -0.3 is 4.74 Å². The fraction of sp³-hybridized carbons (Fsp3) is 0.500. The minimum Gasteiger partial charge on any atom is -0.379 e. The highest BCUT2D eigenvalue weighted by Gasteiger charge is 2.17. The number of aryl methyl sites for hydroxylation is 3. The van der Waals surface area contributed by atoms with E-state index in [-0.39, 0.29) is 0 Å². The van der Waals surface area contributed by atoms with Gasteiger partial charge in [-0.3, -0.25) is 4.90 Å². The van der Waals surface area contributed by atoms with Crippen molar-refractivity contribution in [2.45, 2.75) is 27.3 Å². The molecule has 0 spiro atoms. The molecule has 1 aliphatic rings. The van der Waals surface area contributed by atoms with Crippen LogP contribution in [0.2, 0.25) is 0 Å². The highest BCUT2D eigenvalue weighted by Crippen LogP contribution is 2.18. The summed E-state index contributed by atoms with van der Waals surface area (Å²) in [7, 11) is 0. The van der Waals surface area contributed by atoms with Crippen LogP contribution in [-0.2, 0) is 11.3 Å². The molecule has 21 heavy (non-hydrogen) atoms. The predicted molar refractivity (Wildman–Crippen MR) is 81.7 cm³/mol. The van der Waals surface area contributed by atoms with Crippen molar-refractivity contribution in [2.75, 3.05) is 26.3 Å². The molecule has 5 heteroatoms. The van der Waals surface area contributed by atoms with E-state index in [1.807, 2.05) is 11.6 Å². The summed E-state index contributed by atoms with van der Waals surface area (Å²) < 4.78 is 7.40. The summed E-state index contributed by atoms with van der Waals surface area (Å²) in [5, 5.41) is 4.60. The van der Waals surface area contributed by atoms with E-state index in [4.69, 9.17) is 4.74 Å². The molecule has 0 aliphatic carbocycles. The number of aromatic nitrogens is 3. The third-order valence-corrected chi connectivity index (χ3v) is 3.84. The Hall–Kier alpha value is -1.72. The van der Waals surface area contributed by atoms with Crippen LogP contribution in [-0.4, -0.2) is 46.0 Å². The molecule has 0 N–H and O–H groups in total. The Kier molecular flexibility index (Phi) is 4.03. The Morgan fingerprint density at radius 3 is 2.67 bits per heavy atom. The summed E-state index contributed by atoms with van der Waals surface area (Å²) in [5.41, 5.74) is 3.58. The summed E-state index contributed by atoms with van der Waals surface area (Å²) >= 11 is 0. The van der Waals surface area contributed by atoms with Crippen molar-refractivity contribution in [1.29, 1.82) is 0 Å². The summed E-state index contributed by atoms with van der Waals surface area (Å²) in [6.45, 7) is 10.5. The fourth-order valence-corrected chi connectivity index (χ4v) is 2.66. The van der Waals surface area contributed by atoms with E-state index in [0.717, 1.165) is 50.2 Å². The molecule has 0 saturated carbocycles. The van der Waals surface area contributed by atoms with Gasteiger partial charge in [-0.1, -0.05) is 12.1 Å². The molecule has 1 aromatic heterocycles. The summed E-state index contributed by atoms with van der Waals surface area (Å²) in [4.78, 5) is 6.99. The fourth-order valence-electron chi connectivity index (χ4n) is 2.66. The minimum absolute atomic E-state index is 0.802. The van der Waals surface area contributed by atoms with Crippen molar-refractivity contribution in [3.63, 3.8) is 0 Å². The highest BCUT2D eigenvalue weighted by atomic mass is 16.5. The van der Waals surface area contributed by atoms with Crippen LogP contribution in [0.15, 0.2) is 18.2 Å². The zero-order valence-corrected chi connectivity index (χ0v) is 13.0. The number of hydrogen-bond acceptors (Lipinski definition) is 4. The summed E-state index contributed by atoms with van der Waals surface area (Å²) in [6, 6.07) is 6.44. The molecule has 2 heterocycles. The Bertz CT molecular complexity index is 629. The molecular formula is C16H22N4O. The average Bonchev–Trinajstić information content (AvgIpc) is 2.83. The van der Waals surface area contributed by atoms with Gasteiger partial charge in [0.15, 0.2) is 0 Å². The standard InChI is InChI=1S/C16H22N4O/c1-12-4-5-13(2)15(10-12)20-16(17-14(3)18-20)11-19-6-8-21-9-7-19/h4-5,10H,6-9,11H2,1-3H3. The van der Waals surface area contributed by atoms with E-state index in [2.05, 4.69) is 47.0 Å². The molecule has 1 fully saturated rings. The van der Waals surface area contributed by atoms with Crippen molar-refractivity contribution < 1.29 is 4.74 Å². The van der Waals surface area contributed by atoms with Crippen LogP contribution in [0.3, 0.4) is 0 Å². The highest BCUT2D eigenvalue weighted by molar-refractivity contribution is 5.42. The molecule has 5 nitrogen and oxygen atoms in total. The normalized spacial score (nSPS) is 16.3. The van der Waals surface area contributed by atoms with E-state index in [1.165, 1.54) is 11.1 Å². The minimum atomic E-state index is 0.802. The van der Waals surface area contributed by atoms with Crippen molar-refractivity contribution in [2.24, 2.45) is 0 Å². The molecule has 3 rings (SSSR count). The molecule has 0 unspecified atom stereocenters. The quantitative estimate of drug-likeness (QED) is 0.866. The molecule has 0 amide bonds. The number of benzene rings is 1. The molecule has 0 atom stereocenters. The molecular weight excluding hydrogens is 264 g/mol. The topological polar surface area (TPSA) is 43.2 Å². The van der Waals surface area contributed by atoms with E-state index in [9.17, 15) is 0 Å². The molecule has 0 bridgehead atoms. The van der Waals surface area contributed by atoms with Gasteiger partial charge in [0.1, 0.15) is 11.6 Å². The van der Waals surface area contributed by atoms with Gasteiger partial charge >= 0.3 is 0 Å². The molecule has 1 saturated heterocycles. The monoisotopic (exact) mass is 286 g/mol. The first-order valence-electron chi connectivity index (χ1n) is 7.44. The van der Waals surface area contributed by atoms with Crippen LogP contribution in [0.4, 0.5) is 0 Å². The van der Waals surface area contributed by atoms with Crippen LogP contribution >= 0.6 is 0 Å². The molecule has 1 aliphatic heterocycles. The zero-order valence-electron chi connectivity index (χ0n) is 13.0. The van der Waals surface area contributed by atoms with E-state index < -0.39 is 0 Å². The van der Waals surface area contributed by atoms with Gasteiger partial charge in [-0.2, -0.15) is 5.10 Å². The van der Waals surface area contributed by atoms with E-state index >= 15 is 0 Å². The molecule has 1 aromatic carbocycles. The Labute approximate surface area is 125 Å². The second-order valence-corrected chi connectivity index (χ2v) is 5.67. The van der Waals surface area contributed by atoms with Crippen molar-refractivity contribution in [3.05, 3.63) is 41.0 Å². The zero-order chi connectivity index (χ0) is 14.8. The van der Waals surface area contributed by atoms with Crippen LogP contribution in [0, 0.1) is 20.8 Å². The predicted octanol–water partition coefficient (Wildman–Crippen LogP) is 2.02. The number of morpholine rings is 1. The summed E-state index contributed by atoms with van der Waals surface area (Å²) in [6.07, 6.45) is 0. The lowest BCUT2D eigenvalue weighted by atomic mass is 10.1. The third kappa shape index (κ3) is 3.14. The average molecular weight is 286 g/mol. The van der Waals surface area contributed by atoms with Gasteiger partial charge in [0.05, 0.1) is 25.4 Å². The first kappa shape index (κ1) is 14.2. The Balaban J connectivity index is 1.93. The lowest BCUT2D eigenvalue weighted by molar-refractivity contribution is 0.0328. The lowest BCUT2D eigenvalue weighted by Gasteiger charge is -2.26. The van der Waals surface area contributed by atoms with Crippen LogP contribution in [0.1, 0.15) is 22.8 Å². The maximum Gasteiger partial charge on any atom is 0.148 e. The smallest absolute Gasteiger partial charge is 0.148 e. The molecule has 2 aromatic rings. The second kappa shape index (κ2) is 5.95. The largest absolute Gasteiger partial charge is 0.379 e. The van der Waals surface area contributed by atoms with Crippen LogP contribution in [0.5, 0.6) is 0 Å². The third-order valence-electron chi connectivity index (χ3n) is 3.84. The van der Waals surface area contributed by atoms with Gasteiger partial charge in [-0.25, -0.2) is 9.67 Å². The van der Waals surface area contributed by atoms with Crippen LogP contribution in [0.25, 0.3) is 5.69 Å². The van der Waals surface area contributed by atoms with Crippen LogP contribution < -0.4 is 0 Å². The van der Waals surface area contributed by atoms with Gasteiger partial charge in [0, 0.05) is 13.1 Å². The Morgan fingerprint density at radius 1 is 1.14 bits per heavy atom. The number of hydrogen-bond donors (Lipinski definition) is 0. The van der Waals surface area contributed by atoms with Gasteiger partial charge in [-0.15, -0.1) is 0 Å². The van der Waals surface area contributed by atoms with Crippen molar-refractivity contribution >= 4 is 0 Å². The van der Waals surface area contributed by atoms with E-state index in [1.54, 1.807) is 0 Å². The Morgan fingerprint density at radius 2 is 1.90 bits per heavy atom. The first-order valence-corrected chi connectivity index (χ1v) is 7.44. The lowest BCUT2D eigenvalue weighted by Crippen LogP contribution is -2.36.